The number of piperidine rings is 1. The van der Waals surface area contributed by atoms with Gasteiger partial charge in [-0.05, 0) is 56.6 Å². The van der Waals surface area contributed by atoms with Gasteiger partial charge in [-0.1, -0.05) is 42.1 Å². The molecule has 2 amide bonds. The number of nitriles is 2. The van der Waals surface area contributed by atoms with Crippen molar-refractivity contribution in [2.75, 3.05) is 18.0 Å². The number of thioether (sulfide) groups is 1. The highest BCUT2D eigenvalue weighted by atomic mass is 35.5. The zero-order valence-corrected chi connectivity index (χ0v) is 23.1. The second-order valence-electron chi connectivity index (χ2n) is 10.2. The maximum Gasteiger partial charge on any atom is 0.239 e. The van der Waals surface area contributed by atoms with Gasteiger partial charge in [0.05, 0.1) is 16.7 Å². The third kappa shape index (κ3) is 6.39. The minimum Gasteiger partial charge on any atom is -0.368 e. The van der Waals surface area contributed by atoms with E-state index in [4.69, 9.17) is 16.5 Å². The molecule has 11 heteroatoms. The summed E-state index contributed by atoms with van der Waals surface area (Å²) in [6.45, 7) is 4.50. The number of benzene rings is 1. The summed E-state index contributed by atoms with van der Waals surface area (Å²) < 4.78 is 0. The number of nitrogens with one attached hydrogen (secondary N) is 1. The van der Waals surface area contributed by atoms with Crippen LogP contribution < -0.4 is 21.7 Å². The van der Waals surface area contributed by atoms with Crippen molar-refractivity contribution in [3.63, 3.8) is 0 Å². The summed E-state index contributed by atoms with van der Waals surface area (Å²) >= 11 is 1.15. The Labute approximate surface area is 233 Å². The zero-order valence-electron chi connectivity index (χ0n) is 21.4. The van der Waals surface area contributed by atoms with Crippen LogP contribution in [0.5, 0.6) is 0 Å². The van der Waals surface area contributed by atoms with Crippen molar-refractivity contribution in [1.82, 2.24) is 10.3 Å². The number of nitrogens with two attached hydrogens (primary N) is 2. The van der Waals surface area contributed by atoms with Gasteiger partial charge in [-0.15, -0.1) is 12.4 Å². The number of rotatable bonds is 8. The summed E-state index contributed by atoms with van der Waals surface area (Å²) in [5.41, 5.74) is 12.9. The third-order valence-electron chi connectivity index (χ3n) is 6.70. The molecular weight excluding hydrogens is 522 g/mol. The minimum absolute atomic E-state index is 0. The fourth-order valence-corrected chi connectivity index (χ4v) is 5.56. The van der Waals surface area contributed by atoms with Gasteiger partial charge in [0.15, 0.2) is 0 Å². The normalized spacial score (nSPS) is 16.5. The lowest BCUT2D eigenvalue weighted by Gasteiger charge is -2.35. The molecule has 1 aromatic heterocycles. The van der Waals surface area contributed by atoms with E-state index in [-0.39, 0.29) is 30.3 Å². The molecular formula is C27H32ClN7O2S. The van der Waals surface area contributed by atoms with Crippen molar-refractivity contribution in [2.24, 2.45) is 11.5 Å². The Morgan fingerprint density at radius 2 is 1.71 bits per heavy atom. The van der Waals surface area contributed by atoms with Crippen LogP contribution in [0.3, 0.4) is 0 Å². The highest BCUT2D eigenvalue weighted by Crippen LogP contribution is 2.48. The lowest BCUT2D eigenvalue weighted by molar-refractivity contribution is -0.126. The van der Waals surface area contributed by atoms with Gasteiger partial charge in [-0.2, -0.15) is 10.5 Å². The molecule has 4 rings (SSSR count). The average Bonchev–Trinajstić information content (AvgIpc) is 3.72. The molecule has 2 heterocycles. The van der Waals surface area contributed by atoms with Gasteiger partial charge < -0.3 is 21.7 Å². The molecule has 1 saturated heterocycles. The largest absolute Gasteiger partial charge is 0.368 e. The Hall–Kier alpha value is -3.31. The lowest BCUT2D eigenvalue weighted by Crippen LogP contribution is -2.54. The molecule has 38 heavy (non-hydrogen) atoms. The van der Waals surface area contributed by atoms with Crippen molar-refractivity contribution < 1.29 is 9.59 Å². The molecule has 9 nitrogen and oxygen atoms in total. The Balaban J connectivity index is 0.00000400. The van der Waals surface area contributed by atoms with Crippen LogP contribution in [-0.2, 0) is 9.59 Å². The topological polar surface area (TPSA) is 162 Å². The number of carbonyl (C=O) groups is 2. The summed E-state index contributed by atoms with van der Waals surface area (Å²) in [6.07, 6.45) is 3.14. The SMILES string of the molecule is CC(C)(N)C(=O)NC1CCN(c2nc(SC(C(N)=O)c3ccccc3)c(C#N)c(C3CC3)c2C#N)CC1.Cl. The van der Waals surface area contributed by atoms with E-state index < -0.39 is 16.7 Å². The van der Waals surface area contributed by atoms with E-state index in [0.29, 0.717) is 53.5 Å². The molecule has 1 atom stereocenters. The molecule has 1 unspecified atom stereocenters. The van der Waals surface area contributed by atoms with Gasteiger partial charge in [0.25, 0.3) is 0 Å². The second kappa shape index (κ2) is 12.0. The highest BCUT2D eigenvalue weighted by molar-refractivity contribution is 8.00. The molecule has 1 saturated carbocycles. The van der Waals surface area contributed by atoms with Crippen LogP contribution in [0.15, 0.2) is 35.4 Å². The van der Waals surface area contributed by atoms with Crippen LogP contribution in [-0.4, -0.2) is 41.5 Å². The second-order valence-corrected chi connectivity index (χ2v) is 11.3. The number of amides is 2. The summed E-state index contributed by atoms with van der Waals surface area (Å²) in [5, 5.41) is 23.0. The van der Waals surface area contributed by atoms with Crippen molar-refractivity contribution in [2.45, 2.75) is 67.3 Å². The number of nitrogens with zero attached hydrogens (tertiary/aromatic N) is 4. The van der Waals surface area contributed by atoms with E-state index in [1.54, 1.807) is 13.8 Å². The van der Waals surface area contributed by atoms with Crippen LogP contribution >= 0.6 is 24.2 Å². The van der Waals surface area contributed by atoms with Gasteiger partial charge in [0, 0.05) is 19.1 Å². The lowest BCUT2D eigenvalue weighted by atomic mass is 9.98. The number of hydrogen-bond donors (Lipinski definition) is 3. The Morgan fingerprint density at radius 1 is 1.11 bits per heavy atom. The average molecular weight is 554 g/mol. The van der Waals surface area contributed by atoms with E-state index in [1.807, 2.05) is 35.2 Å². The van der Waals surface area contributed by atoms with Crippen LogP contribution in [0.1, 0.15) is 73.0 Å². The molecule has 2 aromatic rings. The Morgan fingerprint density at radius 3 is 2.21 bits per heavy atom. The van der Waals surface area contributed by atoms with Crippen molar-refractivity contribution >= 4 is 41.8 Å². The number of pyridine rings is 1. The van der Waals surface area contributed by atoms with Crippen molar-refractivity contribution in [3.8, 4) is 12.1 Å². The summed E-state index contributed by atoms with van der Waals surface area (Å²) in [5.74, 6) is -0.0858. The van der Waals surface area contributed by atoms with Crippen LogP contribution in [0.25, 0.3) is 0 Å². The fraction of sp³-hybridized carbons (Fsp3) is 0.444. The first-order valence-corrected chi connectivity index (χ1v) is 13.3. The van der Waals surface area contributed by atoms with E-state index in [1.165, 1.54) is 0 Å². The quantitative estimate of drug-likeness (QED) is 0.419. The number of hydrogen-bond acceptors (Lipinski definition) is 8. The molecule has 200 valence electrons. The smallest absolute Gasteiger partial charge is 0.239 e. The Kier molecular flexibility index (Phi) is 9.26. The first kappa shape index (κ1) is 29.2. The molecule has 0 spiro atoms. The summed E-state index contributed by atoms with van der Waals surface area (Å²) in [7, 11) is 0. The first-order chi connectivity index (χ1) is 17.6. The standard InChI is InChI=1S/C27H31N7O2S.ClH/c1-27(2,31)26(36)32-18-10-12-34(13-11-18)24-19(14-28)21(16-8-9-16)20(15-29)25(33-24)37-22(23(30)35)17-6-4-3-5-7-17;/h3-7,16,18,22H,8-13,31H2,1-2H3,(H2,30,35)(H,32,36);1H. The molecule has 0 bridgehead atoms. The monoisotopic (exact) mass is 553 g/mol. The number of aromatic nitrogens is 1. The number of primary amides is 1. The maximum absolute atomic E-state index is 12.4. The number of carbonyl (C=O) groups excluding carboxylic acids is 2. The fourth-order valence-electron chi connectivity index (χ4n) is 4.52. The van der Waals surface area contributed by atoms with Gasteiger partial charge in [0.2, 0.25) is 11.8 Å². The molecule has 1 aromatic carbocycles. The zero-order chi connectivity index (χ0) is 26.7. The molecule has 2 aliphatic rings. The molecule has 1 aliphatic heterocycles. The predicted molar refractivity (Wildman–Crippen MR) is 149 cm³/mol. The molecule has 5 N–H and O–H groups in total. The van der Waals surface area contributed by atoms with Crippen LogP contribution in [0.4, 0.5) is 5.82 Å². The highest BCUT2D eigenvalue weighted by Gasteiger charge is 2.36. The summed E-state index contributed by atoms with van der Waals surface area (Å²) in [4.78, 5) is 31.6. The van der Waals surface area contributed by atoms with Gasteiger partial charge in [-0.3, -0.25) is 9.59 Å². The molecule has 0 radical (unpaired) electrons. The number of halogens is 1. The van der Waals surface area contributed by atoms with Gasteiger partial charge in [0.1, 0.15) is 28.2 Å². The Bertz CT molecular complexity index is 1270. The van der Waals surface area contributed by atoms with Crippen molar-refractivity contribution in [3.05, 3.63) is 52.6 Å². The van der Waals surface area contributed by atoms with Gasteiger partial charge in [-0.25, -0.2) is 4.98 Å². The van der Waals surface area contributed by atoms with Crippen LogP contribution in [0, 0.1) is 22.7 Å². The van der Waals surface area contributed by atoms with Gasteiger partial charge >= 0.3 is 0 Å². The third-order valence-corrected chi connectivity index (χ3v) is 7.96. The van der Waals surface area contributed by atoms with Crippen molar-refractivity contribution in [1.29, 1.82) is 10.5 Å². The first-order valence-electron chi connectivity index (χ1n) is 12.4. The van der Waals surface area contributed by atoms with E-state index in [9.17, 15) is 20.1 Å². The molecule has 1 aliphatic carbocycles. The van der Waals surface area contributed by atoms with E-state index in [2.05, 4.69) is 17.5 Å². The minimum atomic E-state index is -0.958. The summed E-state index contributed by atoms with van der Waals surface area (Å²) in [6, 6.07) is 13.7. The predicted octanol–water partition coefficient (Wildman–Crippen LogP) is 3.27. The van der Waals surface area contributed by atoms with Crippen LogP contribution in [0.2, 0.25) is 0 Å². The maximum atomic E-state index is 12.4. The molecule has 2 fully saturated rings. The van der Waals surface area contributed by atoms with E-state index in [0.717, 1.165) is 30.2 Å². The van der Waals surface area contributed by atoms with E-state index >= 15 is 0 Å². The number of anilines is 1.